The summed E-state index contributed by atoms with van der Waals surface area (Å²) in [6.45, 7) is 4.68. The van der Waals surface area contributed by atoms with Crippen LogP contribution in [0.25, 0.3) is 11.0 Å². The maximum absolute atomic E-state index is 12.4. The molecule has 0 spiro atoms. The summed E-state index contributed by atoms with van der Waals surface area (Å²) in [6, 6.07) is 3.97. The molecule has 0 radical (unpaired) electrons. The third-order valence-electron chi connectivity index (χ3n) is 5.15. The molecule has 1 amide bonds. The quantitative estimate of drug-likeness (QED) is 0.227. The number of nitrogens with one attached hydrogen (secondary N) is 1. The molecule has 10 nitrogen and oxygen atoms in total. The molecule has 32 heavy (non-hydrogen) atoms. The molecule has 168 valence electrons. The van der Waals surface area contributed by atoms with Gasteiger partial charge in [-0.15, -0.1) is 0 Å². The Kier molecular flexibility index (Phi) is 6.75. The van der Waals surface area contributed by atoms with Crippen LogP contribution in [-0.4, -0.2) is 56.0 Å². The van der Waals surface area contributed by atoms with E-state index in [2.05, 4.69) is 27.2 Å². The first-order valence-electron chi connectivity index (χ1n) is 10.3. The highest BCUT2D eigenvalue weighted by atomic mass is 35.5. The highest BCUT2D eigenvalue weighted by Crippen LogP contribution is 2.29. The molecule has 4 rings (SSSR count). The fourth-order valence-electron chi connectivity index (χ4n) is 3.62. The number of hydrogen-bond acceptors (Lipinski definition) is 8. The Hall–Kier alpha value is -2.92. The Morgan fingerprint density at radius 3 is 2.81 bits per heavy atom. The van der Waals surface area contributed by atoms with Crippen LogP contribution in [0.5, 0.6) is 0 Å². The largest absolute Gasteiger partial charge is 0.356 e. The summed E-state index contributed by atoms with van der Waals surface area (Å²) in [5.41, 5.74) is 0.602. The van der Waals surface area contributed by atoms with E-state index in [1.54, 1.807) is 22.6 Å². The van der Waals surface area contributed by atoms with Gasteiger partial charge in [0.25, 0.3) is 11.6 Å². The van der Waals surface area contributed by atoms with Crippen LogP contribution in [0, 0.1) is 10.1 Å². The van der Waals surface area contributed by atoms with Crippen LogP contribution in [-0.2, 0) is 6.54 Å². The molecule has 1 saturated heterocycles. The van der Waals surface area contributed by atoms with E-state index < -0.39 is 10.8 Å². The van der Waals surface area contributed by atoms with Gasteiger partial charge in [-0.25, -0.2) is 14.6 Å². The van der Waals surface area contributed by atoms with Crippen LogP contribution < -0.4 is 10.2 Å². The van der Waals surface area contributed by atoms with E-state index in [-0.39, 0.29) is 22.8 Å². The smallest absolute Gasteiger partial charge is 0.288 e. The van der Waals surface area contributed by atoms with Gasteiger partial charge in [-0.3, -0.25) is 14.9 Å². The lowest BCUT2D eigenvalue weighted by Gasteiger charge is -2.17. The third kappa shape index (κ3) is 4.63. The van der Waals surface area contributed by atoms with Crippen LogP contribution in [0.15, 0.2) is 29.6 Å². The number of rotatable bonds is 8. The summed E-state index contributed by atoms with van der Waals surface area (Å²) < 4.78 is 1.75. The number of aromatic nitrogens is 4. The summed E-state index contributed by atoms with van der Waals surface area (Å²) in [5, 5.41) is 19.9. The monoisotopic (exact) mass is 475 g/mol. The van der Waals surface area contributed by atoms with Crippen LogP contribution in [0.4, 0.5) is 11.5 Å². The van der Waals surface area contributed by atoms with Crippen molar-refractivity contribution < 1.29 is 9.72 Å². The topological polar surface area (TPSA) is 119 Å². The predicted octanol–water partition coefficient (Wildman–Crippen LogP) is 3.53. The van der Waals surface area contributed by atoms with E-state index in [1.165, 1.54) is 18.2 Å². The number of nitro groups is 1. The van der Waals surface area contributed by atoms with E-state index >= 15 is 0 Å². The number of fused-ring (bicyclic) bond motifs is 1. The number of thioether (sulfide) groups is 1. The molecule has 1 aliphatic heterocycles. The van der Waals surface area contributed by atoms with Gasteiger partial charge in [-0.1, -0.05) is 30.3 Å². The van der Waals surface area contributed by atoms with Crippen LogP contribution in [0.2, 0.25) is 5.02 Å². The molecule has 2 aromatic heterocycles. The fraction of sp³-hybridized carbons (Fsp3) is 0.400. The van der Waals surface area contributed by atoms with Gasteiger partial charge in [0, 0.05) is 31.3 Å². The van der Waals surface area contributed by atoms with Crippen molar-refractivity contribution in [3.05, 3.63) is 45.1 Å². The van der Waals surface area contributed by atoms with E-state index in [1.807, 2.05) is 0 Å². The molecule has 1 aromatic carbocycles. The zero-order valence-corrected chi connectivity index (χ0v) is 19.0. The first kappa shape index (κ1) is 22.3. The van der Waals surface area contributed by atoms with Gasteiger partial charge in [0.15, 0.2) is 10.8 Å². The molecule has 0 saturated carbocycles. The van der Waals surface area contributed by atoms with Crippen molar-refractivity contribution in [2.45, 2.75) is 31.5 Å². The minimum atomic E-state index is -0.613. The van der Waals surface area contributed by atoms with Crippen molar-refractivity contribution in [3.8, 4) is 0 Å². The normalized spacial score (nSPS) is 13.6. The third-order valence-corrected chi connectivity index (χ3v) is 6.20. The van der Waals surface area contributed by atoms with Crippen molar-refractivity contribution >= 4 is 51.8 Å². The molecule has 3 heterocycles. The standard InChI is InChI=1S/C20H22ClN7O3S/c1-2-32-20-24-17(26-8-3-4-9-26)14-12-23-27(18(14)25-20)10-7-22-19(29)13-5-6-15(21)16(11-13)28(30)31/h5-6,11-12H,2-4,7-10H2,1H3,(H,22,29). The fourth-order valence-corrected chi connectivity index (χ4v) is 4.37. The Morgan fingerprint density at radius 2 is 2.09 bits per heavy atom. The summed E-state index contributed by atoms with van der Waals surface area (Å²) >= 11 is 7.40. The summed E-state index contributed by atoms with van der Waals surface area (Å²) in [5.74, 6) is 1.35. The molecule has 12 heteroatoms. The van der Waals surface area contributed by atoms with Crippen LogP contribution in [0.1, 0.15) is 30.1 Å². The average Bonchev–Trinajstić information content (AvgIpc) is 3.44. The molecular weight excluding hydrogens is 454 g/mol. The van der Waals surface area contributed by atoms with E-state index in [4.69, 9.17) is 16.6 Å². The number of nitrogens with zero attached hydrogens (tertiary/aromatic N) is 6. The number of amides is 1. The van der Waals surface area contributed by atoms with Gasteiger partial charge in [0.1, 0.15) is 10.8 Å². The minimum Gasteiger partial charge on any atom is -0.356 e. The van der Waals surface area contributed by atoms with Gasteiger partial charge < -0.3 is 10.2 Å². The van der Waals surface area contributed by atoms with Gasteiger partial charge in [0.05, 0.1) is 23.1 Å². The second-order valence-electron chi connectivity index (χ2n) is 7.24. The van der Waals surface area contributed by atoms with E-state index in [9.17, 15) is 14.9 Å². The molecular formula is C20H22ClN7O3S. The molecule has 0 aliphatic carbocycles. The Labute approximate surface area is 193 Å². The maximum Gasteiger partial charge on any atom is 0.288 e. The number of carbonyl (C=O) groups excluding carboxylic acids is 1. The number of carbonyl (C=O) groups is 1. The maximum atomic E-state index is 12.4. The second kappa shape index (κ2) is 9.70. The van der Waals surface area contributed by atoms with Crippen LogP contribution in [0.3, 0.4) is 0 Å². The van der Waals surface area contributed by atoms with Gasteiger partial charge in [0.2, 0.25) is 0 Å². The molecule has 1 N–H and O–H groups in total. The molecule has 0 unspecified atom stereocenters. The molecule has 3 aromatic rings. The highest BCUT2D eigenvalue weighted by Gasteiger charge is 2.21. The predicted molar refractivity (Wildman–Crippen MR) is 124 cm³/mol. The summed E-state index contributed by atoms with van der Waals surface area (Å²) in [7, 11) is 0. The van der Waals surface area contributed by atoms with Crippen molar-refractivity contribution in [2.75, 3.05) is 30.3 Å². The molecule has 1 aliphatic rings. The average molecular weight is 476 g/mol. The highest BCUT2D eigenvalue weighted by molar-refractivity contribution is 7.99. The lowest BCUT2D eigenvalue weighted by Crippen LogP contribution is -2.27. The molecule has 1 fully saturated rings. The van der Waals surface area contributed by atoms with Crippen molar-refractivity contribution in [3.63, 3.8) is 0 Å². The van der Waals surface area contributed by atoms with Crippen LogP contribution >= 0.6 is 23.4 Å². The lowest BCUT2D eigenvalue weighted by atomic mass is 10.2. The first-order chi connectivity index (χ1) is 15.5. The van der Waals surface area contributed by atoms with E-state index in [0.29, 0.717) is 11.7 Å². The van der Waals surface area contributed by atoms with Gasteiger partial charge >= 0.3 is 0 Å². The number of halogens is 1. The van der Waals surface area contributed by atoms with Crippen molar-refractivity contribution in [1.29, 1.82) is 0 Å². The lowest BCUT2D eigenvalue weighted by molar-refractivity contribution is -0.384. The first-order valence-corrected chi connectivity index (χ1v) is 11.7. The summed E-state index contributed by atoms with van der Waals surface area (Å²) in [4.78, 5) is 34.6. The molecule has 0 atom stereocenters. The van der Waals surface area contributed by atoms with Gasteiger partial charge in [-0.2, -0.15) is 5.10 Å². The number of nitro benzene ring substituents is 1. The van der Waals surface area contributed by atoms with Crippen molar-refractivity contribution in [2.24, 2.45) is 0 Å². The molecule has 0 bridgehead atoms. The summed E-state index contributed by atoms with van der Waals surface area (Å²) in [6.07, 6.45) is 4.06. The SMILES string of the molecule is CCSc1nc(N2CCCC2)c2cnn(CCNC(=O)c3ccc(Cl)c([N+](=O)[O-])c3)c2n1. The minimum absolute atomic E-state index is 0.0104. The Bertz CT molecular complexity index is 1160. The van der Waals surface area contributed by atoms with E-state index in [0.717, 1.165) is 48.5 Å². The second-order valence-corrected chi connectivity index (χ2v) is 8.88. The van der Waals surface area contributed by atoms with Gasteiger partial charge in [-0.05, 0) is 30.7 Å². The Balaban J connectivity index is 1.50. The Morgan fingerprint density at radius 1 is 1.31 bits per heavy atom. The number of hydrogen-bond donors (Lipinski definition) is 1. The number of benzene rings is 1. The zero-order chi connectivity index (χ0) is 22.7. The zero-order valence-electron chi connectivity index (χ0n) is 17.5. The number of anilines is 1. The van der Waals surface area contributed by atoms with Crippen molar-refractivity contribution in [1.82, 2.24) is 25.1 Å².